The molecule has 110 valence electrons. The van der Waals surface area contributed by atoms with Gasteiger partial charge in [-0.2, -0.15) is 0 Å². The second-order valence-electron chi connectivity index (χ2n) is 5.74. The second kappa shape index (κ2) is 9.08. The van der Waals surface area contributed by atoms with Crippen LogP contribution < -0.4 is 5.73 Å². The summed E-state index contributed by atoms with van der Waals surface area (Å²) < 4.78 is 2.11. The van der Waals surface area contributed by atoms with E-state index in [1.165, 1.54) is 37.8 Å². The Hall–Kier alpha value is -0.900. The van der Waals surface area contributed by atoms with Crippen molar-refractivity contribution in [3.8, 4) is 0 Å². The lowest BCUT2D eigenvalue weighted by Crippen LogP contribution is -2.10. The van der Waals surface area contributed by atoms with Gasteiger partial charge in [0.2, 0.25) is 0 Å². The number of aromatic nitrogens is 3. The summed E-state index contributed by atoms with van der Waals surface area (Å²) in [5.41, 5.74) is 8.08. The van der Waals surface area contributed by atoms with Crippen molar-refractivity contribution >= 4 is 0 Å². The summed E-state index contributed by atoms with van der Waals surface area (Å²) in [7, 11) is 0. The summed E-state index contributed by atoms with van der Waals surface area (Å²) in [4.78, 5) is 0. The van der Waals surface area contributed by atoms with E-state index in [2.05, 4.69) is 35.8 Å². The Bertz CT molecular complexity index is 344. The summed E-state index contributed by atoms with van der Waals surface area (Å²) in [5, 5.41) is 8.64. The zero-order chi connectivity index (χ0) is 14.1. The molecule has 0 aromatic carbocycles. The van der Waals surface area contributed by atoms with Gasteiger partial charge in [0.05, 0.1) is 11.4 Å². The molecule has 0 aliphatic heterocycles. The highest BCUT2D eigenvalue weighted by Gasteiger charge is 2.12. The van der Waals surface area contributed by atoms with Crippen LogP contribution in [0.1, 0.15) is 64.3 Å². The number of aryl methyl sites for hydroxylation is 1. The Morgan fingerprint density at radius 2 is 1.95 bits per heavy atom. The Balaban J connectivity index is 2.61. The average molecular weight is 266 g/mol. The maximum Gasteiger partial charge on any atom is 0.0871 e. The van der Waals surface area contributed by atoms with Gasteiger partial charge in [-0.15, -0.1) is 5.10 Å². The van der Waals surface area contributed by atoms with Crippen molar-refractivity contribution in [2.75, 3.05) is 6.54 Å². The van der Waals surface area contributed by atoms with Crippen LogP contribution in [0.4, 0.5) is 0 Å². The summed E-state index contributed by atoms with van der Waals surface area (Å²) in [5.74, 6) is 0.717. The van der Waals surface area contributed by atoms with Gasteiger partial charge in [0.25, 0.3) is 0 Å². The number of rotatable bonds is 10. The topological polar surface area (TPSA) is 56.7 Å². The summed E-state index contributed by atoms with van der Waals surface area (Å²) >= 11 is 0. The minimum atomic E-state index is 0.656. The SMILES string of the molecule is CCCCCCn1nnc(CCN)c1CCC(C)C. The highest BCUT2D eigenvalue weighted by Crippen LogP contribution is 2.14. The van der Waals surface area contributed by atoms with E-state index in [9.17, 15) is 0 Å². The molecule has 1 aromatic rings. The van der Waals surface area contributed by atoms with E-state index < -0.39 is 0 Å². The van der Waals surface area contributed by atoms with Gasteiger partial charge in [-0.25, -0.2) is 4.68 Å². The third-order valence-electron chi connectivity index (χ3n) is 3.48. The Morgan fingerprint density at radius 1 is 1.16 bits per heavy atom. The van der Waals surface area contributed by atoms with Gasteiger partial charge in [-0.05, 0) is 31.7 Å². The van der Waals surface area contributed by atoms with Gasteiger partial charge >= 0.3 is 0 Å². The third kappa shape index (κ3) is 5.72. The molecule has 4 nitrogen and oxygen atoms in total. The van der Waals surface area contributed by atoms with E-state index in [-0.39, 0.29) is 0 Å². The molecule has 0 spiro atoms. The van der Waals surface area contributed by atoms with Gasteiger partial charge in [0.15, 0.2) is 0 Å². The molecule has 0 saturated heterocycles. The van der Waals surface area contributed by atoms with Gasteiger partial charge in [0, 0.05) is 13.0 Å². The molecule has 0 amide bonds. The molecule has 0 aliphatic carbocycles. The number of unbranched alkanes of at least 4 members (excludes halogenated alkanes) is 3. The van der Waals surface area contributed by atoms with Crippen molar-refractivity contribution in [1.29, 1.82) is 0 Å². The minimum absolute atomic E-state index is 0.656. The molecule has 0 fully saturated rings. The highest BCUT2D eigenvalue weighted by molar-refractivity contribution is 5.11. The van der Waals surface area contributed by atoms with E-state index in [0.29, 0.717) is 12.5 Å². The molecule has 1 heterocycles. The molecular formula is C15H30N4. The first-order chi connectivity index (χ1) is 9.19. The molecular weight excluding hydrogens is 236 g/mol. The van der Waals surface area contributed by atoms with Gasteiger partial charge in [-0.1, -0.05) is 45.2 Å². The van der Waals surface area contributed by atoms with Gasteiger partial charge in [0.1, 0.15) is 0 Å². The molecule has 2 N–H and O–H groups in total. The predicted octanol–water partition coefficient (Wildman–Crippen LogP) is 2.95. The maximum absolute atomic E-state index is 5.66. The zero-order valence-electron chi connectivity index (χ0n) is 12.9. The minimum Gasteiger partial charge on any atom is -0.330 e. The lowest BCUT2D eigenvalue weighted by atomic mass is 10.0. The predicted molar refractivity (Wildman–Crippen MR) is 80.1 cm³/mol. The van der Waals surface area contributed by atoms with Crippen LogP contribution in [0.25, 0.3) is 0 Å². The van der Waals surface area contributed by atoms with Crippen molar-refractivity contribution in [3.05, 3.63) is 11.4 Å². The molecule has 4 heteroatoms. The first kappa shape index (κ1) is 16.2. The van der Waals surface area contributed by atoms with E-state index in [0.717, 1.165) is 25.1 Å². The van der Waals surface area contributed by atoms with Crippen molar-refractivity contribution in [2.45, 2.75) is 72.3 Å². The van der Waals surface area contributed by atoms with Crippen LogP contribution in [-0.4, -0.2) is 21.5 Å². The van der Waals surface area contributed by atoms with E-state index in [4.69, 9.17) is 5.73 Å². The molecule has 1 aromatic heterocycles. The van der Waals surface area contributed by atoms with Crippen molar-refractivity contribution < 1.29 is 0 Å². The molecule has 0 unspecified atom stereocenters. The Labute approximate surface area is 117 Å². The van der Waals surface area contributed by atoms with Crippen LogP contribution in [0.15, 0.2) is 0 Å². The van der Waals surface area contributed by atoms with Crippen LogP contribution >= 0.6 is 0 Å². The van der Waals surface area contributed by atoms with Crippen LogP contribution in [0, 0.1) is 5.92 Å². The quantitative estimate of drug-likeness (QED) is 0.662. The van der Waals surface area contributed by atoms with Gasteiger partial charge in [-0.3, -0.25) is 0 Å². The largest absolute Gasteiger partial charge is 0.330 e. The van der Waals surface area contributed by atoms with Gasteiger partial charge < -0.3 is 5.73 Å². The second-order valence-corrected chi connectivity index (χ2v) is 5.74. The number of nitrogens with two attached hydrogens (primary N) is 1. The van der Waals surface area contributed by atoms with Crippen LogP contribution in [0.3, 0.4) is 0 Å². The normalized spacial score (nSPS) is 11.4. The highest BCUT2D eigenvalue weighted by atomic mass is 15.4. The van der Waals surface area contributed by atoms with Crippen molar-refractivity contribution in [2.24, 2.45) is 11.7 Å². The lowest BCUT2D eigenvalue weighted by Gasteiger charge is -2.09. The first-order valence-electron chi connectivity index (χ1n) is 7.80. The summed E-state index contributed by atoms with van der Waals surface area (Å²) in [6, 6.07) is 0. The molecule has 19 heavy (non-hydrogen) atoms. The lowest BCUT2D eigenvalue weighted by molar-refractivity contribution is 0.495. The van der Waals surface area contributed by atoms with Crippen LogP contribution in [-0.2, 0) is 19.4 Å². The number of nitrogens with zero attached hydrogens (tertiary/aromatic N) is 3. The Morgan fingerprint density at radius 3 is 2.58 bits per heavy atom. The molecule has 0 saturated carbocycles. The fourth-order valence-corrected chi connectivity index (χ4v) is 2.27. The third-order valence-corrected chi connectivity index (χ3v) is 3.48. The molecule has 0 bridgehead atoms. The molecule has 0 aliphatic rings. The maximum atomic E-state index is 5.66. The molecule has 0 atom stereocenters. The Kier molecular flexibility index (Phi) is 7.72. The van der Waals surface area contributed by atoms with E-state index >= 15 is 0 Å². The molecule has 0 radical (unpaired) electrons. The molecule has 1 rings (SSSR count). The zero-order valence-corrected chi connectivity index (χ0v) is 12.9. The summed E-state index contributed by atoms with van der Waals surface area (Å²) in [6.07, 6.45) is 8.19. The van der Waals surface area contributed by atoms with Crippen molar-refractivity contribution in [1.82, 2.24) is 15.0 Å². The fourth-order valence-electron chi connectivity index (χ4n) is 2.27. The number of hydrogen-bond donors (Lipinski definition) is 1. The van der Waals surface area contributed by atoms with Crippen molar-refractivity contribution in [3.63, 3.8) is 0 Å². The summed E-state index contributed by atoms with van der Waals surface area (Å²) in [6.45, 7) is 8.42. The monoisotopic (exact) mass is 266 g/mol. The van der Waals surface area contributed by atoms with Crippen LogP contribution in [0.2, 0.25) is 0 Å². The van der Waals surface area contributed by atoms with Crippen LogP contribution in [0.5, 0.6) is 0 Å². The smallest absolute Gasteiger partial charge is 0.0871 e. The standard InChI is InChI=1S/C15H30N4/c1-4-5-6-7-12-19-15(9-8-13(2)3)14(10-11-16)17-18-19/h13H,4-12,16H2,1-3H3. The average Bonchev–Trinajstić information content (AvgIpc) is 2.75. The fraction of sp³-hybridized carbons (Fsp3) is 0.867. The van der Waals surface area contributed by atoms with E-state index in [1.807, 2.05) is 0 Å². The first-order valence-corrected chi connectivity index (χ1v) is 7.80. The number of hydrogen-bond acceptors (Lipinski definition) is 3. The van der Waals surface area contributed by atoms with E-state index in [1.54, 1.807) is 0 Å².